The number of hydrogen-bond donors (Lipinski definition) is 1. The summed E-state index contributed by atoms with van der Waals surface area (Å²) in [5.41, 5.74) is 0.819. The average molecular weight is 496 g/mol. The summed E-state index contributed by atoms with van der Waals surface area (Å²) in [5.74, 6) is -2.87. The van der Waals surface area contributed by atoms with Crippen LogP contribution in [0.3, 0.4) is 0 Å². The quantitative estimate of drug-likeness (QED) is 0.517. The first kappa shape index (κ1) is 27.2. The number of sulfonamides is 1. The Hall–Kier alpha value is -3.01. The highest BCUT2D eigenvalue weighted by molar-refractivity contribution is 7.92. The molecular formula is C24H31F2N3O4S. The van der Waals surface area contributed by atoms with Gasteiger partial charge in [0.1, 0.15) is 6.04 Å². The molecule has 1 N–H and O–H groups in total. The standard InChI is InChI=1S/C24H31F2N3O4S/c1-17(2)27-24(31)18(3)28(16-19-9-6-5-7-10-19)23(30)11-8-14-29(34(4,32)33)20-12-13-21(25)22(26)15-20/h5-7,9-10,12-13,15,17-18H,8,11,14,16H2,1-4H3,(H,27,31). The van der Waals surface area contributed by atoms with Crippen LogP contribution in [-0.2, 0) is 26.2 Å². The van der Waals surface area contributed by atoms with E-state index in [4.69, 9.17) is 0 Å². The zero-order chi connectivity index (χ0) is 25.5. The van der Waals surface area contributed by atoms with E-state index in [1.54, 1.807) is 6.92 Å². The van der Waals surface area contributed by atoms with Crippen LogP contribution in [0.1, 0.15) is 39.2 Å². The second-order valence-corrected chi connectivity index (χ2v) is 10.3. The molecule has 2 rings (SSSR count). The second kappa shape index (κ2) is 11.9. The van der Waals surface area contributed by atoms with E-state index in [0.717, 1.165) is 28.3 Å². The average Bonchev–Trinajstić information content (AvgIpc) is 2.76. The molecule has 0 aromatic heterocycles. The highest BCUT2D eigenvalue weighted by Crippen LogP contribution is 2.21. The van der Waals surface area contributed by atoms with E-state index in [-0.39, 0.29) is 49.5 Å². The van der Waals surface area contributed by atoms with Crippen molar-refractivity contribution in [3.8, 4) is 0 Å². The van der Waals surface area contributed by atoms with Crippen LogP contribution < -0.4 is 9.62 Å². The zero-order valence-electron chi connectivity index (χ0n) is 19.8. The monoisotopic (exact) mass is 495 g/mol. The number of nitrogens with one attached hydrogen (secondary N) is 1. The molecule has 7 nitrogen and oxygen atoms in total. The normalized spacial score (nSPS) is 12.3. The third kappa shape index (κ3) is 7.79. The molecule has 0 radical (unpaired) electrons. The fraction of sp³-hybridized carbons (Fsp3) is 0.417. The number of rotatable bonds is 11. The fourth-order valence-corrected chi connectivity index (χ4v) is 4.37. The Bertz CT molecular complexity index is 1090. The maximum atomic E-state index is 13.7. The Balaban J connectivity index is 2.16. The molecule has 0 spiro atoms. The first-order chi connectivity index (χ1) is 15.9. The third-order valence-corrected chi connectivity index (χ3v) is 6.33. The second-order valence-electron chi connectivity index (χ2n) is 8.38. The fourth-order valence-electron chi connectivity index (χ4n) is 3.41. The Morgan fingerprint density at radius 1 is 1.00 bits per heavy atom. The van der Waals surface area contributed by atoms with E-state index in [2.05, 4.69) is 5.32 Å². The highest BCUT2D eigenvalue weighted by atomic mass is 32.2. The van der Waals surface area contributed by atoms with Crippen molar-refractivity contribution in [2.24, 2.45) is 0 Å². The number of hydrogen-bond acceptors (Lipinski definition) is 4. The van der Waals surface area contributed by atoms with Crippen molar-refractivity contribution < 1.29 is 26.8 Å². The number of benzene rings is 2. The maximum absolute atomic E-state index is 13.7. The van der Waals surface area contributed by atoms with Gasteiger partial charge in [0.25, 0.3) is 0 Å². The molecule has 0 saturated carbocycles. The minimum atomic E-state index is -3.80. The first-order valence-electron chi connectivity index (χ1n) is 11.0. The molecule has 0 aliphatic heterocycles. The van der Waals surface area contributed by atoms with Crippen molar-refractivity contribution in [3.05, 3.63) is 65.7 Å². The molecule has 0 bridgehead atoms. The first-order valence-corrected chi connectivity index (χ1v) is 12.8. The SMILES string of the molecule is CC(C)NC(=O)C(C)N(Cc1ccccc1)C(=O)CCCN(c1ccc(F)c(F)c1)S(C)(=O)=O. The lowest BCUT2D eigenvalue weighted by Gasteiger charge is -2.30. The number of amides is 2. The summed E-state index contributed by atoms with van der Waals surface area (Å²) < 4.78 is 52.3. The van der Waals surface area contributed by atoms with E-state index >= 15 is 0 Å². The Kier molecular flexibility index (Phi) is 9.55. The topological polar surface area (TPSA) is 86.8 Å². The maximum Gasteiger partial charge on any atom is 0.242 e. The van der Waals surface area contributed by atoms with E-state index < -0.39 is 27.7 Å². The van der Waals surface area contributed by atoms with Gasteiger partial charge < -0.3 is 10.2 Å². The summed E-state index contributed by atoms with van der Waals surface area (Å²) in [5, 5.41) is 2.80. The molecule has 2 aromatic carbocycles. The van der Waals surface area contributed by atoms with Crippen LogP contribution >= 0.6 is 0 Å². The van der Waals surface area contributed by atoms with E-state index in [1.165, 1.54) is 11.0 Å². The summed E-state index contributed by atoms with van der Waals surface area (Å²) in [6.45, 7) is 5.40. The third-order valence-electron chi connectivity index (χ3n) is 5.14. The molecule has 1 unspecified atom stereocenters. The minimum absolute atomic E-state index is 0.0281. The molecule has 2 aromatic rings. The van der Waals surface area contributed by atoms with Gasteiger partial charge in [-0.25, -0.2) is 17.2 Å². The highest BCUT2D eigenvalue weighted by Gasteiger charge is 2.27. The number of anilines is 1. The summed E-state index contributed by atoms with van der Waals surface area (Å²) in [7, 11) is -3.80. The molecule has 0 saturated heterocycles. The Morgan fingerprint density at radius 3 is 2.21 bits per heavy atom. The number of carbonyl (C=O) groups excluding carboxylic acids is 2. The van der Waals surface area contributed by atoms with E-state index in [1.807, 2.05) is 44.2 Å². The zero-order valence-corrected chi connectivity index (χ0v) is 20.6. The van der Waals surface area contributed by atoms with Gasteiger partial charge in [-0.3, -0.25) is 13.9 Å². The molecule has 1 atom stereocenters. The molecule has 34 heavy (non-hydrogen) atoms. The summed E-state index contributed by atoms with van der Waals surface area (Å²) in [4.78, 5) is 27.2. The molecule has 0 heterocycles. The van der Waals surface area contributed by atoms with Gasteiger partial charge in [-0.15, -0.1) is 0 Å². The van der Waals surface area contributed by atoms with Gasteiger partial charge in [0.2, 0.25) is 21.8 Å². The van der Waals surface area contributed by atoms with Crippen LogP contribution in [-0.4, -0.2) is 50.0 Å². The van der Waals surface area contributed by atoms with Crippen molar-refractivity contribution in [1.29, 1.82) is 0 Å². The van der Waals surface area contributed by atoms with Crippen molar-refractivity contribution >= 4 is 27.5 Å². The predicted molar refractivity (Wildman–Crippen MR) is 128 cm³/mol. The van der Waals surface area contributed by atoms with Crippen LogP contribution in [0, 0.1) is 11.6 Å². The number of carbonyl (C=O) groups is 2. The number of nitrogens with zero attached hydrogens (tertiary/aromatic N) is 2. The Morgan fingerprint density at radius 2 is 1.65 bits per heavy atom. The molecular weight excluding hydrogens is 464 g/mol. The lowest BCUT2D eigenvalue weighted by Crippen LogP contribution is -2.49. The van der Waals surface area contributed by atoms with Crippen molar-refractivity contribution in [2.45, 2.75) is 52.2 Å². The smallest absolute Gasteiger partial charge is 0.242 e. The van der Waals surface area contributed by atoms with Crippen LogP contribution in [0.4, 0.5) is 14.5 Å². The Labute approximate surface area is 199 Å². The van der Waals surface area contributed by atoms with Gasteiger partial charge in [-0.1, -0.05) is 30.3 Å². The minimum Gasteiger partial charge on any atom is -0.352 e. The van der Waals surface area contributed by atoms with Gasteiger partial charge in [-0.2, -0.15) is 0 Å². The van der Waals surface area contributed by atoms with Crippen LogP contribution in [0.15, 0.2) is 48.5 Å². The van der Waals surface area contributed by atoms with Crippen molar-refractivity contribution in [1.82, 2.24) is 10.2 Å². The lowest BCUT2D eigenvalue weighted by molar-refractivity contribution is -0.140. The molecule has 186 valence electrons. The van der Waals surface area contributed by atoms with Crippen LogP contribution in [0.2, 0.25) is 0 Å². The predicted octanol–water partition coefficient (Wildman–Crippen LogP) is 3.45. The summed E-state index contributed by atoms with van der Waals surface area (Å²) >= 11 is 0. The number of halogens is 2. The molecule has 0 aliphatic rings. The lowest BCUT2D eigenvalue weighted by atomic mass is 10.1. The molecule has 2 amide bonds. The van der Waals surface area contributed by atoms with Gasteiger partial charge >= 0.3 is 0 Å². The summed E-state index contributed by atoms with van der Waals surface area (Å²) in [6.07, 6.45) is 1.03. The van der Waals surface area contributed by atoms with Crippen LogP contribution in [0.5, 0.6) is 0 Å². The van der Waals surface area contributed by atoms with Crippen molar-refractivity contribution in [2.75, 3.05) is 17.1 Å². The van der Waals surface area contributed by atoms with E-state index in [9.17, 15) is 26.8 Å². The molecule has 0 aliphatic carbocycles. The van der Waals surface area contributed by atoms with Gasteiger partial charge in [0.15, 0.2) is 11.6 Å². The molecule has 0 fully saturated rings. The van der Waals surface area contributed by atoms with E-state index in [0.29, 0.717) is 0 Å². The molecule has 10 heteroatoms. The van der Waals surface area contributed by atoms with Crippen LogP contribution in [0.25, 0.3) is 0 Å². The van der Waals surface area contributed by atoms with Gasteiger partial charge in [0.05, 0.1) is 11.9 Å². The largest absolute Gasteiger partial charge is 0.352 e. The summed E-state index contributed by atoms with van der Waals surface area (Å²) in [6, 6.07) is 11.2. The van der Waals surface area contributed by atoms with Crippen molar-refractivity contribution in [3.63, 3.8) is 0 Å². The van der Waals surface area contributed by atoms with Gasteiger partial charge in [0, 0.05) is 31.6 Å². The van der Waals surface area contributed by atoms with Gasteiger partial charge in [-0.05, 0) is 44.9 Å².